The molecule has 0 radical (unpaired) electrons. The maximum absolute atomic E-state index is 10.7. The first-order chi connectivity index (χ1) is 4.48. The van der Waals surface area contributed by atoms with Crippen LogP contribution in [0.15, 0.2) is 4.40 Å². The Bertz CT molecular complexity index is 209. The van der Waals surface area contributed by atoms with Gasteiger partial charge in [0, 0.05) is 14.1 Å². The van der Waals surface area contributed by atoms with Crippen molar-refractivity contribution in [1.82, 2.24) is 4.90 Å². The van der Waals surface area contributed by atoms with E-state index in [0.29, 0.717) is 0 Å². The summed E-state index contributed by atoms with van der Waals surface area (Å²) in [5.41, 5.74) is 0. The molecule has 0 fully saturated rings. The first-order valence-electron chi connectivity index (χ1n) is 2.48. The molecule has 0 atom stereocenters. The second-order valence-corrected chi connectivity index (χ2v) is 5.34. The Kier molecular flexibility index (Phi) is 4.18. The highest BCUT2D eigenvalue weighted by atomic mass is 127. The van der Waals surface area contributed by atoms with Gasteiger partial charge in [0.15, 0.2) is 0 Å². The van der Waals surface area contributed by atoms with Gasteiger partial charge in [0.25, 0.3) is 10.0 Å². The molecule has 0 saturated heterocycles. The highest BCUT2D eigenvalue weighted by molar-refractivity contribution is 14.1. The SMILES string of the molecule is CN(C)C=NS(=O)(=O)CI. The zero-order valence-corrected chi connectivity index (χ0v) is 8.76. The highest BCUT2D eigenvalue weighted by Gasteiger charge is 2.01. The lowest BCUT2D eigenvalue weighted by Gasteiger charge is -2.00. The molecule has 10 heavy (non-hydrogen) atoms. The molecule has 0 aromatic rings. The van der Waals surface area contributed by atoms with Crippen LogP contribution in [0.1, 0.15) is 0 Å². The minimum Gasteiger partial charge on any atom is -0.368 e. The molecule has 6 heteroatoms. The minimum absolute atomic E-state index is 0.0229. The number of hydrogen-bond donors (Lipinski definition) is 0. The molecule has 0 aliphatic carbocycles. The van der Waals surface area contributed by atoms with Gasteiger partial charge in [-0.1, -0.05) is 22.6 Å². The van der Waals surface area contributed by atoms with Gasteiger partial charge < -0.3 is 4.90 Å². The molecule has 4 nitrogen and oxygen atoms in total. The number of halogens is 1. The topological polar surface area (TPSA) is 49.7 Å². The van der Waals surface area contributed by atoms with Crippen LogP contribution in [-0.2, 0) is 10.0 Å². The smallest absolute Gasteiger partial charge is 0.263 e. The zero-order valence-electron chi connectivity index (χ0n) is 5.78. The average Bonchev–Trinajstić information content (AvgIpc) is 1.85. The Morgan fingerprint density at radius 1 is 1.60 bits per heavy atom. The van der Waals surface area contributed by atoms with Crippen LogP contribution in [0, 0.1) is 0 Å². The molecule has 0 unspecified atom stereocenters. The lowest BCUT2D eigenvalue weighted by Crippen LogP contribution is -2.10. The quantitative estimate of drug-likeness (QED) is 0.322. The molecule has 0 aromatic heterocycles. The van der Waals surface area contributed by atoms with E-state index in [-0.39, 0.29) is 3.76 Å². The van der Waals surface area contributed by atoms with Crippen molar-refractivity contribution in [2.45, 2.75) is 0 Å². The largest absolute Gasteiger partial charge is 0.368 e. The summed E-state index contributed by atoms with van der Waals surface area (Å²) in [6.45, 7) is 0. The predicted octanol–water partition coefficient (Wildman–Crippen LogP) is 0.299. The second-order valence-electron chi connectivity index (χ2n) is 1.88. The molecular formula is C4H9IN2O2S. The number of rotatable bonds is 3. The van der Waals surface area contributed by atoms with Crippen LogP contribution in [-0.4, -0.2) is 37.5 Å². The summed E-state index contributed by atoms with van der Waals surface area (Å²) >= 11 is 1.76. The third-order valence-electron chi connectivity index (χ3n) is 0.577. The van der Waals surface area contributed by atoms with Crippen LogP contribution < -0.4 is 0 Å². The van der Waals surface area contributed by atoms with Crippen LogP contribution in [0.3, 0.4) is 0 Å². The van der Waals surface area contributed by atoms with Crippen molar-refractivity contribution in [2.75, 3.05) is 17.9 Å². The fourth-order valence-electron chi connectivity index (χ4n) is 0.194. The van der Waals surface area contributed by atoms with Crippen molar-refractivity contribution in [3.05, 3.63) is 0 Å². The van der Waals surface area contributed by atoms with Gasteiger partial charge >= 0.3 is 0 Å². The van der Waals surface area contributed by atoms with E-state index in [4.69, 9.17) is 0 Å². The fraction of sp³-hybridized carbons (Fsp3) is 0.750. The Morgan fingerprint density at radius 2 is 2.10 bits per heavy atom. The summed E-state index contributed by atoms with van der Waals surface area (Å²) in [4.78, 5) is 1.57. The first-order valence-corrected chi connectivity index (χ1v) is 5.62. The maximum Gasteiger partial charge on any atom is 0.263 e. The predicted molar refractivity (Wildman–Crippen MR) is 50.0 cm³/mol. The molecule has 0 bridgehead atoms. The molecule has 60 valence electrons. The van der Waals surface area contributed by atoms with Gasteiger partial charge in [-0.15, -0.1) is 0 Å². The molecule has 0 amide bonds. The van der Waals surface area contributed by atoms with Gasteiger partial charge in [-0.3, -0.25) is 0 Å². The third kappa shape index (κ3) is 4.98. The molecule has 0 aliphatic rings. The fourth-order valence-corrected chi connectivity index (χ4v) is 1.07. The van der Waals surface area contributed by atoms with Crippen molar-refractivity contribution < 1.29 is 8.42 Å². The normalized spacial score (nSPS) is 12.3. The monoisotopic (exact) mass is 276 g/mol. The number of alkyl halides is 1. The first kappa shape index (κ1) is 10.2. The highest BCUT2D eigenvalue weighted by Crippen LogP contribution is 1.96. The second kappa shape index (κ2) is 4.12. The molecular weight excluding hydrogens is 267 g/mol. The summed E-state index contributed by atoms with van der Waals surface area (Å²) in [7, 11) is 0.229. The van der Waals surface area contributed by atoms with Crippen LogP contribution in [0.4, 0.5) is 0 Å². The molecule has 0 aliphatic heterocycles. The van der Waals surface area contributed by atoms with E-state index in [1.165, 1.54) is 6.34 Å². The van der Waals surface area contributed by atoms with Crippen LogP contribution in [0.2, 0.25) is 0 Å². The van der Waals surface area contributed by atoms with Crippen molar-refractivity contribution in [3.8, 4) is 0 Å². The van der Waals surface area contributed by atoms with Gasteiger partial charge in [-0.25, -0.2) is 8.42 Å². The van der Waals surface area contributed by atoms with E-state index in [2.05, 4.69) is 4.40 Å². The van der Waals surface area contributed by atoms with E-state index in [1.54, 1.807) is 41.6 Å². The summed E-state index contributed by atoms with van der Waals surface area (Å²) < 4.78 is 24.7. The Hall–Kier alpha value is 0.150. The molecule has 0 saturated carbocycles. The van der Waals surface area contributed by atoms with E-state index in [1.807, 2.05) is 0 Å². The molecule has 0 aromatic carbocycles. The number of nitrogens with zero attached hydrogens (tertiary/aromatic N) is 2. The molecule has 0 rings (SSSR count). The standard InChI is InChI=1S/C4H9IN2O2S/c1-7(2)4-6-10(8,9)3-5/h4H,3H2,1-2H3. The van der Waals surface area contributed by atoms with Crippen LogP contribution in [0.5, 0.6) is 0 Å². The number of sulfonamides is 1. The van der Waals surface area contributed by atoms with E-state index < -0.39 is 10.0 Å². The molecule has 0 N–H and O–H groups in total. The summed E-state index contributed by atoms with van der Waals surface area (Å²) in [5.74, 6) is 0. The van der Waals surface area contributed by atoms with Crippen molar-refractivity contribution in [3.63, 3.8) is 0 Å². The Balaban J connectivity index is 4.15. The Morgan fingerprint density at radius 3 is 2.40 bits per heavy atom. The van der Waals surface area contributed by atoms with Gasteiger partial charge in [-0.2, -0.15) is 4.40 Å². The Labute approximate surface area is 74.5 Å². The van der Waals surface area contributed by atoms with Crippen LogP contribution in [0.25, 0.3) is 0 Å². The zero-order chi connectivity index (χ0) is 8.20. The van der Waals surface area contributed by atoms with Gasteiger partial charge in [0.2, 0.25) is 0 Å². The van der Waals surface area contributed by atoms with Gasteiger partial charge in [0.1, 0.15) is 10.1 Å². The van der Waals surface area contributed by atoms with Crippen molar-refractivity contribution in [1.29, 1.82) is 0 Å². The van der Waals surface area contributed by atoms with E-state index >= 15 is 0 Å². The van der Waals surface area contributed by atoms with Gasteiger partial charge in [0.05, 0.1) is 0 Å². The van der Waals surface area contributed by atoms with Crippen molar-refractivity contribution >= 4 is 39.0 Å². The summed E-state index contributed by atoms with van der Waals surface area (Å²) in [5, 5.41) is 0. The van der Waals surface area contributed by atoms with Crippen LogP contribution >= 0.6 is 22.6 Å². The van der Waals surface area contributed by atoms with E-state index in [9.17, 15) is 8.42 Å². The van der Waals surface area contributed by atoms with E-state index in [0.717, 1.165) is 0 Å². The molecule has 0 spiro atoms. The average molecular weight is 276 g/mol. The summed E-state index contributed by atoms with van der Waals surface area (Å²) in [6, 6.07) is 0. The third-order valence-corrected chi connectivity index (χ3v) is 3.63. The lowest BCUT2D eigenvalue weighted by molar-refractivity contribution is 0.600. The lowest BCUT2D eigenvalue weighted by atomic mass is 11.0. The van der Waals surface area contributed by atoms with Crippen molar-refractivity contribution in [2.24, 2.45) is 4.40 Å². The number of hydrogen-bond acceptors (Lipinski definition) is 2. The molecule has 0 heterocycles. The van der Waals surface area contributed by atoms with Gasteiger partial charge in [-0.05, 0) is 0 Å². The minimum atomic E-state index is -3.20. The maximum atomic E-state index is 10.7. The summed E-state index contributed by atoms with van der Waals surface area (Å²) in [6.07, 6.45) is 1.27.